The first kappa shape index (κ1) is 20.2. The van der Waals surface area contributed by atoms with Crippen LogP contribution in [0, 0.1) is 6.92 Å². The van der Waals surface area contributed by atoms with Crippen LogP contribution in [0.25, 0.3) is 10.9 Å². The lowest BCUT2D eigenvalue weighted by molar-refractivity contribution is 0.0990. The molecule has 1 heterocycles. The number of carbonyl (C=O) groups is 1. The van der Waals surface area contributed by atoms with Crippen molar-refractivity contribution in [3.8, 4) is 17.4 Å². The summed E-state index contributed by atoms with van der Waals surface area (Å²) < 4.78 is 11.3. The van der Waals surface area contributed by atoms with Gasteiger partial charge in [0.05, 0.1) is 11.1 Å². The van der Waals surface area contributed by atoms with Gasteiger partial charge in [0.15, 0.2) is 5.69 Å². The number of carbonyl (C=O) groups excluding carboxylic acids is 1. The maximum Gasteiger partial charge on any atom is 0.299 e. The van der Waals surface area contributed by atoms with E-state index in [9.17, 15) is 9.90 Å². The molecule has 156 valence electrons. The average molecular weight is 415 g/mol. The predicted octanol–water partition coefficient (Wildman–Crippen LogP) is 5.56. The van der Waals surface area contributed by atoms with Crippen molar-refractivity contribution in [2.45, 2.75) is 6.92 Å². The fourth-order valence-electron chi connectivity index (χ4n) is 3.18. The number of aromatic hydroxyl groups is 1. The van der Waals surface area contributed by atoms with E-state index in [0.717, 1.165) is 16.8 Å². The number of aryl methyl sites for hydroxylation is 1. The minimum absolute atomic E-state index is 0.136. The Balaban J connectivity index is 1.46. The summed E-state index contributed by atoms with van der Waals surface area (Å²) in [5.41, 5.74) is 2.21. The number of para-hydroxylation sites is 3. The lowest BCUT2D eigenvalue weighted by Crippen LogP contribution is -2.10. The quantitative estimate of drug-likeness (QED) is 0.305. The first-order valence-electron chi connectivity index (χ1n) is 9.79. The van der Waals surface area contributed by atoms with Gasteiger partial charge in [-0.3, -0.25) is 4.79 Å². The molecule has 0 fully saturated rings. The molecule has 0 aliphatic heterocycles. The van der Waals surface area contributed by atoms with Gasteiger partial charge in [0.1, 0.15) is 24.7 Å². The molecule has 0 bridgehead atoms. The van der Waals surface area contributed by atoms with Crippen molar-refractivity contribution in [1.29, 1.82) is 0 Å². The Morgan fingerprint density at radius 1 is 0.935 bits per heavy atom. The molecule has 0 saturated carbocycles. The highest BCUT2D eigenvalue weighted by molar-refractivity contribution is 5.99. The van der Waals surface area contributed by atoms with Crippen LogP contribution in [0.5, 0.6) is 17.4 Å². The third-order valence-electron chi connectivity index (χ3n) is 4.71. The minimum Gasteiger partial charge on any atom is -0.493 e. The Kier molecular flexibility index (Phi) is 5.93. The highest BCUT2D eigenvalue weighted by atomic mass is 16.5. The molecule has 4 rings (SSSR count). The molecule has 0 saturated heterocycles. The Morgan fingerprint density at radius 2 is 1.68 bits per heavy atom. The second kappa shape index (κ2) is 9.13. The van der Waals surface area contributed by atoms with Crippen molar-refractivity contribution in [1.82, 2.24) is 4.98 Å². The van der Waals surface area contributed by atoms with E-state index in [1.807, 2.05) is 49.4 Å². The molecule has 7 heteroatoms. The van der Waals surface area contributed by atoms with Gasteiger partial charge in [0.2, 0.25) is 5.88 Å². The number of nitrogens with one attached hydrogen (secondary N) is 1. The number of H-pyrrole nitrogens is 1. The van der Waals surface area contributed by atoms with E-state index in [1.54, 1.807) is 30.3 Å². The molecular weight excluding hydrogens is 394 g/mol. The molecule has 0 aliphatic rings. The molecule has 31 heavy (non-hydrogen) atoms. The van der Waals surface area contributed by atoms with E-state index < -0.39 is 5.91 Å². The van der Waals surface area contributed by atoms with Gasteiger partial charge in [0.25, 0.3) is 5.91 Å². The number of hydrogen-bond donors (Lipinski definition) is 2. The number of aromatic nitrogens is 1. The number of azo groups is 1. The van der Waals surface area contributed by atoms with E-state index in [-0.39, 0.29) is 23.7 Å². The molecule has 0 aliphatic carbocycles. The summed E-state index contributed by atoms with van der Waals surface area (Å²) >= 11 is 0. The highest BCUT2D eigenvalue weighted by Crippen LogP contribution is 2.36. The first-order valence-corrected chi connectivity index (χ1v) is 9.79. The van der Waals surface area contributed by atoms with E-state index in [1.165, 1.54) is 0 Å². The topological polar surface area (TPSA) is 96.3 Å². The molecule has 1 amide bonds. The molecule has 3 aromatic carbocycles. The predicted molar refractivity (Wildman–Crippen MR) is 117 cm³/mol. The van der Waals surface area contributed by atoms with Gasteiger partial charge in [-0.25, -0.2) is 0 Å². The number of benzene rings is 3. The fraction of sp³-hybridized carbons (Fsp3) is 0.125. The third-order valence-corrected chi connectivity index (χ3v) is 4.71. The van der Waals surface area contributed by atoms with Gasteiger partial charge in [-0.05, 0) is 36.8 Å². The van der Waals surface area contributed by atoms with Crippen LogP contribution in [-0.4, -0.2) is 29.2 Å². The molecule has 0 atom stereocenters. The molecule has 0 radical (unpaired) electrons. The summed E-state index contributed by atoms with van der Waals surface area (Å²) in [4.78, 5) is 15.5. The number of hydrogen-bond acceptors (Lipinski definition) is 5. The van der Waals surface area contributed by atoms with Crippen LogP contribution in [-0.2, 0) is 0 Å². The maximum absolute atomic E-state index is 12.7. The third kappa shape index (κ3) is 4.56. The summed E-state index contributed by atoms with van der Waals surface area (Å²) in [7, 11) is 0. The van der Waals surface area contributed by atoms with Crippen LogP contribution in [0.1, 0.15) is 15.9 Å². The van der Waals surface area contributed by atoms with E-state index in [0.29, 0.717) is 17.7 Å². The average Bonchev–Trinajstić information content (AvgIpc) is 3.12. The molecule has 0 spiro atoms. The highest BCUT2D eigenvalue weighted by Gasteiger charge is 2.15. The summed E-state index contributed by atoms with van der Waals surface area (Å²) in [5, 5.41) is 18.7. The van der Waals surface area contributed by atoms with Gasteiger partial charge < -0.3 is 19.6 Å². The number of ether oxygens (including phenoxy) is 2. The Hall–Kier alpha value is -4.13. The zero-order chi connectivity index (χ0) is 21.6. The molecule has 7 nitrogen and oxygen atoms in total. The molecule has 4 aromatic rings. The largest absolute Gasteiger partial charge is 0.493 e. The lowest BCUT2D eigenvalue weighted by atomic mass is 10.1. The van der Waals surface area contributed by atoms with Crippen LogP contribution >= 0.6 is 0 Å². The van der Waals surface area contributed by atoms with Crippen LogP contribution < -0.4 is 9.47 Å². The Bertz CT molecular complexity index is 1230. The number of nitrogens with zero attached hydrogens (tertiary/aromatic N) is 2. The Labute approximate surface area is 179 Å². The van der Waals surface area contributed by atoms with Crippen LogP contribution in [0.15, 0.2) is 83.0 Å². The molecule has 0 unspecified atom stereocenters. The van der Waals surface area contributed by atoms with Gasteiger partial charge in [-0.15, -0.1) is 10.2 Å². The van der Waals surface area contributed by atoms with Crippen molar-refractivity contribution < 1.29 is 19.4 Å². The van der Waals surface area contributed by atoms with Crippen molar-refractivity contribution in [2.24, 2.45) is 10.2 Å². The molecular formula is C24H21N3O4. The standard InChI is InChI=1S/C24H21N3O4/c1-16-8-7-12-19-21(16)25-24(29)22(19)26-27-23(28)18-11-5-6-13-20(18)31-15-14-30-17-9-3-2-4-10-17/h2-13,25,29H,14-15H2,1H3. The summed E-state index contributed by atoms with van der Waals surface area (Å²) in [6.07, 6.45) is 0. The number of rotatable bonds is 7. The monoisotopic (exact) mass is 415 g/mol. The maximum atomic E-state index is 12.7. The zero-order valence-corrected chi connectivity index (χ0v) is 16.9. The SMILES string of the molecule is Cc1cccc2c(N=NC(=O)c3ccccc3OCCOc3ccccc3)c(O)[nH]c12. The normalized spacial score (nSPS) is 11.1. The molecule has 1 aromatic heterocycles. The van der Waals surface area contributed by atoms with E-state index in [4.69, 9.17) is 9.47 Å². The van der Waals surface area contributed by atoms with Crippen molar-refractivity contribution in [3.63, 3.8) is 0 Å². The van der Waals surface area contributed by atoms with Crippen molar-refractivity contribution in [3.05, 3.63) is 83.9 Å². The van der Waals surface area contributed by atoms with E-state index >= 15 is 0 Å². The second-order valence-electron chi connectivity index (χ2n) is 6.83. The van der Waals surface area contributed by atoms with Gasteiger partial charge in [-0.1, -0.05) is 48.5 Å². The summed E-state index contributed by atoms with van der Waals surface area (Å²) in [6, 6.07) is 21.8. The molecule has 2 N–H and O–H groups in total. The van der Waals surface area contributed by atoms with E-state index in [2.05, 4.69) is 15.2 Å². The summed E-state index contributed by atoms with van der Waals surface area (Å²) in [6.45, 7) is 2.51. The van der Waals surface area contributed by atoms with Crippen molar-refractivity contribution in [2.75, 3.05) is 13.2 Å². The zero-order valence-electron chi connectivity index (χ0n) is 16.9. The van der Waals surface area contributed by atoms with Crippen LogP contribution in [0.4, 0.5) is 5.69 Å². The number of amides is 1. The number of fused-ring (bicyclic) bond motifs is 1. The van der Waals surface area contributed by atoms with Gasteiger partial charge >= 0.3 is 0 Å². The smallest absolute Gasteiger partial charge is 0.299 e. The van der Waals surface area contributed by atoms with Gasteiger partial charge in [-0.2, -0.15) is 0 Å². The Morgan fingerprint density at radius 3 is 2.52 bits per heavy atom. The van der Waals surface area contributed by atoms with Gasteiger partial charge in [0, 0.05) is 5.39 Å². The number of aromatic amines is 1. The minimum atomic E-state index is -0.569. The van der Waals surface area contributed by atoms with Crippen molar-refractivity contribution >= 4 is 22.5 Å². The van der Waals surface area contributed by atoms with Crippen LogP contribution in [0.3, 0.4) is 0 Å². The van der Waals surface area contributed by atoms with Crippen LogP contribution in [0.2, 0.25) is 0 Å². The second-order valence-corrected chi connectivity index (χ2v) is 6.83. The first-order chi connectivity index (χ1) is 15.1. The lowest BCUT2D eigenvalue weighted by Gasteiger charge is -2.10. The fourth-order valence-corrected chi connectivity index (χ4v) is 3.18. The summed E-state index contributed by atoms with van der Waals surface area (Å²) in [5.74, 6) is 0.435.